The van der Waals surface area contributed by atoms with Crippen molar-refractivity contribution in [2.45, 2.75) is 12.8 Å². The van der Waals surface area contributed by atoms with Gasteiger partial charge in [0.25, 0.3) is 0 Å². The van der Waals surface area contributed by atoms with Crippen LogP contribution in [-0.4, -0.2) is 10.9 Å². The van der Waals surface area contributed by atoms with Crippen LogP contribution in [0.4, 0.5) is 5.69 Å². The highest BCUT2D eigenvalue weighted by atomic mass is 35.5. The molecular formula is C19H15ClN2OS. The first kappa shape index (κ1) is 15.4. The maximum atomic E-state index is 11.8. The molecule has 2 aromatic carbocycles. The van der Waals surface area contributed by atoms with Gasteiger partial charge in [0.15, 0.2) is 0 Å². The van der Waals surface area contributed by atoms with Crippen molar-refractivity contribution in [2.75, 3.05) is 5.32 Å². The normalized spacial score (nSPS) is 13.7. The van der Waals surface area contributed by atoms with Gasteiger partial charge >= 0.3 is 0 Å². The third kappa shape index (κ3) is 3.35. The number of hydrogen-bond donors (Lipinski definition) is 1. The lowest BCUT2D eigenvalue weighted by Gasteiger charge is -2.04. The van der Waals surface area contributed by atoms with Gasteiger partial charge in [0, 0.05) is 33.1 Å². The SMILES string of the molecule is O=C(Nc1ccc(-c2csc(-c3ccc(Cl)cc3)n2)cc1)C1CC1. The third-order valence-corrected chi connectivity index (χ3v) is 5.14. The predicted octanol–water partition coefficient (Wildman–Crippen LogP) is 5.48. The van der Waals surface area contributed by atoms with Gasteiger partial charge in [-0.1, -0.05) is 35.9 Å². The van der Waals surface area contributed by atoms with Crippen molar-refractivity contribution < 1.29 is 4.79 Å². The van der Waals surface area contributed by atoms with Crippen LogP contribution < -0.4 is 5.32 Å². The first-order valence-electron chi connectivity index (χ1n) is 7.82. The van der Waals surface area contributed by atoms with Gasteiger partial charge in [-0.05, 0) is 37.1 Å². The molecule has 1 fully saturated rings. The van der Waals surface area contributed by atoms with E-state index in [0.717, 1.165) is 45.4 Å². The largest absolute Gasteiger partial charge is 0.326 e. The number of carbonyl (C=O) groups is 1. The molecule has 3 nitrogen and oxygen atoms in total. The fourth-order valence-electron chi connectivity index (χ4n) is 2.45. The van der Waals surface area contributed by atoms with E-state index < -0.39 is 0 Å². The fraction of sp³-hybridized carbons (Fsp3) is 0.158. The maximum absolute atomic E-state index is 11.8. The molecule has 0 unspecified atom stereocenters. The van der Waals surface area contributed by atoms with E-state index in [9.17, 15) is 4.79 Å². The van der Waals surface area contributed by atoms with Crippen molar-refractivity contribution >= 4 is 34.5 Å². The number of benzene rings is 2. The Hall–Kier alpha value is -2.17. The first-order chi connectivity index (χ1) is 11.7. The lowest BCUT2D eigenvalue weighted by molar-refractivity contribution is -0.117. The molecule has 0 atom stereocenters. The van der Waals surface area contributed by atoms with Crippen LogP contribution in [0.3, 0.4) is 0 Å². The Morgan fingerprint density at radius 2 is 1.71 bits per heavy atom. The zero-order valence-corrected chi connectivity index (χ0v) is 14.4. The molecule has 0 spiro atoms. The Morgan fingerprint density at radius 3 is 2.38 bits per heavy atom. The maximum Gasteiger partial charge on any atom is 0.227 e. The Bertz CT molecular complexity index is 867. The summed E-state index contributed by atoms with van der Waals surface area (Å²) < 4.78 is 0. The van der Waals surface area contributed by atoms with E-state index in [1.165, 1.54) is 0 Å². The number of aromatic nitrogens is 1. The minimum atomic E-state index is 0.126. The van der Waals surface area contributed by atoms with Gasteiger partial charge in [-0.15, -0.1) is 11.3 Å². The molecule has 24 heavy (non-hydrogen) atoms. The van der Waals surface area contributed by atoms with Crippen LogP contribution in [0, 0.1) is 5.92 Å². The van der Waals surface area contributed by atoms with Crippen LogP contribution in [0.25, 0.3) is 21.8 Å². The van der Waals surface area contributed by atoms with E-state index in [4.69, 9.17) is 16.6 Å². The fourth-order valence-corrected chi connectivity index (χ4v) is 3.41. The number of halogens is 1. The molecule has 0 saturated heterocycles. The highest BCUT2D eigenvalue weighted by molar-refractivity contribution is 7.13. The van der Waals surface area contributed by atoms with Crippen LogP contribution in [0.2, 0.25) is 5.02 Å². The number of nitrogens with zero attached hydrogens (tertiary/aromatic N) is 1. The van der Waals surface area contributed by atoms with Gasteiger partial charge in [-0.2, -0.15) is 0 Å². The Labute approximate surface area is 149 Å². The molecule has 0 aliphatic heterocycles. The van der Waals surface area contributed by atoms with Gasteiger partial charge in [0.2, 0.25) is 5.91 Å². The molecule has 0 bridgehead atoms. The summed E-state index contributed by atoms with van der Waals surface area (Å²) >= 11 is 7.53. The molecule has 1 heterocycles. The molecule has 120 valence electrons. The van der Waals surface area contributed by atoms with Crippen molar-refractivity contribution in [3.8, 4) is 21.8 Å². The Morgan fingerprint density at radius 1 is 1.04 bits per heavy atom. The Kier molecular flexibility index (Phi) is 4.08. The highest BCUT2D eigenvalue weighted by Crippen LogP contribution is 2.32. The van der Waals surface area contributed by atoms with Crippen molar-refractivity contribution in [1.82, 2.24) is 4.98 Å². The van der Waals surface area contributed by atoms with Crippen molar-refractivity contribution in [3.63, 3.8) is 0 Å². The quantitative estimate of drug-likeness (QED) is 0.674. The van der Waals surface area contributed by atoms with Crippen LogP contribution >= 0.6 is 22.9 Å². The van der Waals surface area contributed by atoms with E-state index in [1.807, 2.05) is 53.9 Å². The summed E-state index contributed by atoms with van der Waals surface area (Å²) in [5.74, 6) is 0.339. The molecule has 5 heteroatoms. The summed E-state index contributed by atoms with van der Waals surface area (Å²) in [5, 5.41) is 6.68. The van der Waals surface area contributed by atoms with Crippen LogP contribution in [-0.2, 0) is 4.79 Å². The van der Waals surface area contributed by atoms with Crippen LogP contribution in [0.15, 0.2) is 53.9 Å². The predicted molar refractivity (Wildman–Crippen MR) is 99.3 cm³/mol. The average Bonchev–Trinajstić information content (AvgIpc) is 3.34. The summed E-state index contributed by atoms with van der Waals surface area (Å²) in [7, 11) is 0. The van der Waals surface area contributed by atoms with Gasteiger partial charge in [0.05, 0.1) is 5.69 Å². The van der Waals surface area contributed by atoms with Crippen LogP contribution in [0.5, 0.6) is 0 Å². The smallest absolute Gasteiger partial charge is 0.227 e. The standard InChI is InChI=1S/C19H15ClN2OS/c20-15-7-3-14(4-8-15)19-22-17(11-24-19)12-5-9-16(10-6-12)21-18(23)13-1-2-13/h3-11,13H,1-2H2,(H,21,23). The van der Waals surface area contributed by atoms with Gasteiger partial charge in [-0.25, -0.2) is 4.98 Å². The second kappa shape index (κ2) is 6.38. The van der Waals surface area contributed by atoms with E-state index in [0.29, 0.717) is 0 Å². The summed E-state index contributed by atoms with van der Waals surface area (Å²) in [6, 6.07) is 15.5. The van der Waals surface area contributed by atoms with Crippen LogP contribution in [0.1, 0.15) is 12.8 Å². The van der Waals surface area contributed by atoms with Gasteiger partial charge in [-0.3, -0.25) is 4.79 Å². The molecular weight excluding hydrogens is 340 g/mol. The molecule has 1 saturated carbocycles. The zero-order valence-electron chi connectivity index (χ0n) is 12.8. The highest BCUT2D eigenvalue weighted by Gasteiger charge is 2.29. The molecule has 3 aromatic rings. The van der Waals surface area contributed by atoms with E-state index in [-0.39, 0.29) is 11.8 Å². The molecule has 1 amide bonds. The minimum Gasteiger partial charge on any atom is -0.326 e. The van der Waals surface area contributed by atoms with Gasteiger partial charge in [0.1, 0.15) is 5.01 Å². The molecule has 0 radical (unpaired) electrons. The number of hydrogen-bond acceptors (Lipinski definition) is 3. The summed E-state index contributed by atoms with van der Waals surface area (Å²) in [4.78, 5) is 16.5. The lowest BCUT2D eigenvalue weighted by atomic mass is 10.1. The summed E-state index contributed by atoms with van der Waals surface area (Å²) in [5.41, 5.74) is 3.87. The van der Waals surface area contributed by atoms with E-state index in [2.05, 4.69) is 5.32 Å². The Balaban J connectivity index is 1.51. The van der Waals surface area contributed by atoms with Crippen molar-refractivity contribution in [3.05, 3.63) is 58.9 Å². The number of anilines is 1. The lowest BCUT2D eigenvalue weighted by Crippen LogP contribution is -2.12. The monoisotopic (exact) mass is 354 g/mol. The number of rotatable bonds is 4. The molecule has 4 rings (SSSR count). The summed E-state index contributed by atoms with van der Waals surface area (Å²) in [6.45, 7) is 0. The number of thiazole rings is 1. The van der Waals surface area contributed by atoms with Gasteiger partial charge < -0.3 is 5.32 Å². The molecule has 1 aliphatic rings. The van der Waals surface area contributed by atoms with Crippen molar-refractivity contribution in [1.29, 1.82) is 0 Å². The number of nitrogens with one attached hydrogen (secondary N) is 1. The third-order valence-electron chi connectivity index (χ3n) is 3.99. The van der Waals surface area contributed by atoms with E-state index >= 15 is 0 Å². The topological polar surface area (TPSA) is 42.0 Å². The first-order valence-corrected chi connectivity index (χ1v) is 9.07. The molecule has 1 N–H and O–H groups in total. The van der Waals surface area contributed by atoms with E-state index in [1.54, 1.807) is 11.3 Å². The zero-order chi connectivity index (χ0) is 16.5. The van der Waals surface area contributed by atoms with Crippen molar-refractivity contribution in [2.24, 2.45) is 5.92 Å². The molecule has 1 aliphatic carbocycles. The number of carbonyl (C=O) groups excluding carboxylic acids is 1. The average molecular weight is 355 g/mol. The number of amides is 1. The second-order valence-electron chi connectivity index (χ2n) is 5.89. The molecule has 1 aromatic heterocycles. The summed E-state index contributed by atoms with van der Waals surface area (Å²) in [6.07, 6.45) is 2.02. The second-order valence-corrected chi connectivity index (χ2v) is 7.18. The minimum absolute atomic E-state index is 0.126.